The molecular formula is C22H25N3O4S. The maximum absolute atomic E-state index is 12.8. The van der Waals surface area contributed by atoms with Crippen molar-refractivity contribution in [1.29, 1.82) is 0 Å². The Morgan fingerprint density at radius 3 is 2.67 bits per heavy atom. The third-order valence-corrected chi connectivity index (χ3v) is 6.41. The van der Waals surface area contributed by atoms with Gasteiger partial charge in [0.1, 0.15) is 22.0 Å². The molecule has 1 aliphatic heterocycles. The van der Waals surface area contributed by atoms with Crippen molar-refractivity contribution in [1.82, 2.24) is 15.2 Å². The van der Waals surface area contributed by atoms with Crippen LogP contribution in [0.1, 0.15) is 28.9 Å². The number of benzene rings is 1. The van der Waals surface area contributed by atoms with Crippen molar-refractivity contribution in [2.75, 3.05) is 27.3 Å². The summed E-state index contributed by atoms with van der Waals surface area (Å²) in [6, 6.07) is 9.41. The number of likely N-dealkylation sites (tertiary alicyclic amines) is 1. The number of thiophene rings is 1. The Morgan fingerprint density at radius 1 is 1.17 bits per heavy atom. The van der Waals surface area contributed by atoms with Gasteiger partial charge in [0, 0.05) is 36.5 Å². The molecule has 2 amide bonds. The maximum Gasteiger partial charge on any atom is 0.270 e. The minimum Gasteiger partial charge on any atom is -0.497 e. The Morgan fingerprint density at radius 2 is 1.97 bits per heavy atom. The van der Waals surface area contributed by atoms with Crippen LogP contribution in [0.2, 0.25) is 0 Å². The Balaban J connectivity index is 1.31. The summed E-state index contributed by atoms with van der Waals surface area (Å²) < 4.78 is 10.6. The van der Waals surface area contributed by atoms with E-state index in [1.165, 1.54) is 0 Å². The van der Waals surface area contributed by atoms with Gasteiger partial charge >= 0.3 is 0 Å². The molecular weight excluding hydrogens is 402 g/mol. The van der Waals surface area contributed by atoms with Gasteiger partial charge in [-0.2, -0.15) is 0 Å². The van der Waals surface area contributed by atoms with Crippen LogP contribution in [0.4, 0.5) is 0 Å². The molecule has 0 bridgehead atoms. The molecule has 1 fully saturated rings. The van der Waals surface area contributed by atoms with E-state index >= 15 is 0 Å². The monoisotopic (exact) mass is 427 g/mol. The van der Waals surface area contributed by atoms with Gasteiger partial charge in [-0.25, -0.2) is 0 Å². The fourth-order valence-corrected chi connectivity index (χ4v) is 4.61. The van der Waals surface area contributed by atoms with Crippen LogP contribution in [0.15, 0.2) is 35.7 Å². The number of aromatic nitrogens is 1. The molecule has 3 heterocycles. The second-order valence-electron chi connectivity index (χ2n) is 7.35. The first kappa shape index (κ1) is 20.3. The molecule has 0 atom stereocenters. The molecule has 0 radical (unpaired) electrons. The number of rotatable bonds is 6. The summed E-state index contributed by atoms with van der Waals surface area (Å²) in [5, 5.41) is 6.06. The number of nitrogens with zero attached hydrogens (tertiary/aromatic N) is 1. The maximum atomic E-state index is 12.8. The first-order valence-corrected chi connectivity index (χ1v) is 10.8. The van der Waals surface area contributed by atoms with Crippen LogP contribution in [0.5, 0.6) is 11.5 Å². The Labute approximate surface area is 179 Å². The Bertz CT molecular complexity index is 1020. The Kier molecular flexibility index (Phi) is 5.94. The van der Waals surface area contributed by atoms with E-state index in [-0.39, 0.29) is 17.7 Å². The van der Waals surface area contributed by atoms with Gasteiger partial charge in [0.15, 0.2) is 0 Å². The van der Waals surface area contributed by atoms with E-state index in [1.54, 1.807) is 25.6 Å². The van der Waals surface area contributed by atoms with Gasteiger partial charge in [-0.05, 0) is 48.6 Å². The third kappa shape index (κ3) is 4.14. The average molecular weight is 428 g/mol. The van der Waals surface area contributed by atoms with Crippen molar-refractivity contribution in [2.45, 2.75) is 19.4 Å². The van der Waals surface area contributed by atoms with Gasteiger partial charge in [-0.3, -0.25) is 9.59 Å². The molecule has 1 saturated heterocycles. The topological polar surface area (TPSA) is 83.7 Å². The van der Waals surface area contributed by atoms with Gasteiger partial charge in [0.05, 0.1) is 14.2 Å². The standard InChI is InChI=1S/C22H25N3O4S/c1-28-17-3-4-19(29-2)16(11-17)13-23-20(26)14-5-8-25(9-6-14)22(27)18-12-15-7-10-30-21(15)24-18/h3-4,7,10-12,14,24H,5-6,8-9,13H2,1-2H3,(H,23,26). The Hall–Kier alpha value is -3.00. The largest absolute Gasteiger partial charge is 0.497 e. The summed E-state index contributed by atoms with van der Waals surface area (Å²) in [6.07, 6.45) is 1.31. The van der Waals surface area contributed by atoms with Gasteiger partial charge in [-0.15, -0.1) is 11.3 Å². The summed E-state index contributed by atoms with van der Waals surface area (Å²) >= 11 is 1.59. The molecule has 8 heteroatoms. The molecule has 3 aromatic rings. The van der Waals surface area contributed by atoms with E-state index in [0.29, 0.717) is 43.9 Å². The smallest absolute Gasteiger partial charge is 0.270 e. The zero-order valence-electron chi connectivity index (χ0n) is 17.1. The highest BCUT2D eigenvalue weighted by Gasteiger charge is 2.28. The molecule has 0 aliphatic carbocycles. The van der Waals surface area contributed by atoms with Crippen molar-refractivity contribution < 1.29 is 19.1 Å². The minimum atomic E-state index is -0.0993. The molecule has 30 heavy (non-hydrogen) atoms. The lowest BCUT2D eigenvalue weighted by Crippen LogP contribution is -2.43. The highest BCUT2D eigenvalue weighted by Crippen LogP contribution is 2.26. The van der Waals surface area contributed by atoms with E-state index in [1.807, 2.05) is 40.6 Å². The van der Waals surface area contributed by atoms with Crippen LogP contribution in [0.3, 0.4) is 0 Å². The van der Waals surface area contributed by atoms with Crippen molar-refractivity contribution in [3.05, 3.63) is 47.0 Å². The molecule has 1 aliphatic rings. The van der Waals surface area contributed by atoms with Crippen LogP contribution in [-0.4, -0.2) is 49.0 Å². The number of fused-ring (bicyclic) bond motifs is 1. The van der Waals surface area contributed by atoms with Crippen LogP contribution < -0.4 is 14.8 Å². The minimum absolute atomic E-state index is 0.00150. The van der Waals surface area contributed by atoms with Gasteiger partial charge in [0.25, 0.3) is 5.91 Å². The molecule has 2 aromatic heterocycles. The molecule has 0 saturated carbocycles. The average Bonchev–Trinajstić information content (AvgIpc) is 3.39. The summed E-state index contributed by atoms with van der Waals surface area (Å²) in [5.74, 6) is 1.34. The number of amides is 2. The van der Waals surface area contributed by atoms with Gasteiger partial charge in [-0.1, -0.05) is 0 Å². The number of carbonyl (C=O) groups is 2. The first-order chi connectivity index (χ1) is 14.6. The van der Waals surface area contributed by atoms with E-state index in [0.717, 1.165) is 21.5 Å². The van der Waals surface area contributed by atoms with Crippen LogP contribution >= 0.6 is 11.3 Å². The zero-order chi connectivity index (χ0) is 21.1. The number of piperidine rings is 1. The fraction of sp³-hybridized carbons (Fsp3) is 0.364. The predicted molar refractivity (Wildman–Crippen MR) is 116 cm³/mol. The molecule has 1 aromatic carbocycles. The van der Waals surface area contributed by atoms with Crippen molar-refractivity contribution in [3.8, 4) is 11.5 Å². The summed E-state index contributed by atoms with van der Waals surface area (Å²) in [4.78, 5) is 31.5. The lowest BCUT2D eigenvalue weighted by Gasteiger charge is -2.31. The van der Waals surface area contributed by atoms with Gasteiger partial charge in [0.2, 0.25) is 5.91 Å². The molecule has 0 spiro atoms. The third-order valence-electron chi connectivity index (χ3n) is 5.57. The van der Waals surface area contributed by atoms with Crippen LogP contribution in [0, 0.1) is 5.92 Å². The number of carbonyl (C=O) groups excluding carboxylic acids is 2. The number of hydrogen-bond acceptors (Lipinski definition) is 5. The SMILES string of the molecule is COc1ccc(OC)c(CNC(=O)C2CCN(C(=O)c3cc4ccsc4[nH]3)CC2)c1. The van der Waals surface area contributed by atoms with Crippen molar-refractivity contribution >= 4 is 33.4 Å². The molecule has 158 valence electrons. The number of nitrogens with one attached hydrogen (secondary N) is 2. The summed E-state index contributed by atoms with van der Waals surface area (Å²) in [5.41, 5.74) is 1.48. The molecule has 0 unspecified atom stereocenters. The summed E-state index contributed by atoms with van der Waals surface area (Å²) in [6.45, 7) is 1.52. The fourth-order valence-electron chi connectivity index (χ4n) is 3.83. The van der Waals surface area contributed by atoms with Crippen LogP contribution in [0.25, 0.3) is 10.2 Å². The lowest BCUT2D eigenvalue weighted by molar-refractivity contribution is -0.126. The summed E-state index contributed by atoms with van der Waals surface area (Å²) in [7, 11) is 3.21. The first-order valence-electron chi connectivity index (χ1n) is 9.93. The zero-order valence-corrected chi connectivity index (χ0v) is 17.9. The number of hydrogen-bond donors (Lipinski definition) is 2. The molecule has 4 rings (SSSR count). The van der Waals surface area contributed by atoms with Crippen molar-refractivity contribution in [2.24, 2.45) is 5.92 Å². The number of ether oxygens (including phenoxy) is 2. The number of H-pyrrole nitrogens is 1. The van der Waals surface area contributed by atoms with E-state index < -0.39 is 0 Å². The van der Waals surface area contributed by atoms with Crippen LogP contribution in [-0.2, 0) is 11.3 Å². The van der Waals surface area contributed by atoms with E-state index in [4.69, 9.17) is 9.47 Å². The van der Waals surface area contributed by atoms with Crippen molar-refractivity contribution in [3.63, 3.8) is 0 Å². The molecule has 7 nitrogen and oxygen atoms in total. The quantitative estimate of drug-likeness (QED) is 0.631. The lowest BCUT2D eigenvalue weighted by atomic mass is 9.95. The van der Waals surface area contributed by atoms with E-state index in [2.05, 4.69) is 10.3 Å². The highest BCUT2D eigenvalue weighted by molar-refractivity contribution is 7.16. The highest BCUT2D eigenvalue weighted by atomic mass is 32.1. The predicted octanol–water partition coefficient (Wildman–Crippen LogP) is 3.42. The number of aromatic amines is 1. The van der Waals surface area contributed by atoms with E-state index in [9.17, 15) is 9.59 Å². The number of methoxy groups -OCH3 is 2. The van der Waals surface area contributed by atoms with Gasteiger partial charge < -0.3 is 24.7 Å². The second-order valence-corrected chi connectivity index (χ2v) is 8.27. The second kappa shape index (κ2) is 8.79. The normalized spacial score (nSPS) is 14.7. The molecule has 2 N–H and O–H groups in total.